The fourth-order valence-electron chi connectivity index (χ4n) is 2.74. The van der Waals surface area contributed by atoms with Gasteiger partial charge in [-0.15, -0.1) is 0 Å². The molecule has 0 bridgehead atoms. The summed E-state index contributed by atoms with van der Waals surface area (Å²) in [5.41, 5.74) is 2.89. The van der Waals surface area contributed by atoms with Crippen LogP contribution in [0, 0.1) is 10.1 Å². The lowest BCUT2D eigenvalue weighted by atomic mass is 10.2. The van der Waals surface area contributed by atoms with Crippen LogP contribution < -0.4 is 0 Å². The number of fused-ring (bicyclic) bond motifs is 1. The van der Waals surface area contributed by atoms with Crippen molar-refractivity contribution in [1.29, 1.82) is 0 Å². The summed E-state index contributed by atoms with van der Waals surface area (Å²) in [7, 11) is 0. The van der Waals surface area contributed by atoms with E-state index in [0.29, 0.717) is 18.1 Å². The average Bonchev–Trinajstić information content (AvgIpc) is 3.21. The third kappa shape index (κ3) is 2.44. The maximum absolute atomic E-state index is 10.9. The SMILES string of the molecule is O=[N+]([O-])c1ccc(-c2nc3ccccc3n2Cc2ccccc2)o1. The Hall–Kier alpha value is -3.41. The van der Waals surface area contributed by atoms with Gasteiger partial charge in [-0.3, -0.25) is 10.1 Å². The highest BCUT2D eigenvalue weighted by Gasteiger charge is 2.19. The van der Waals surface area contributed by atoms with Crippen LogP contribution in [0.3, 0.4) is 0 Å². The highest BCUT2D eigenvalue weighted by molar-refractivity contribution is 5.80. The number of aromatic nitrogens is 2. The Balaban J connectivity index is 1.87. The molecular formula is C18H13N3O3. The molecule has 0 aliphatic carbocycles. The second kappa shape index (κ2) is 5.66. The number of hydrogen-bond acceptors (Lipinski definition) is 4. The van der Waals surface area contributed by atoms with Crippen LogP contribution in [-0.2, 0) is 6.54 Å². The highest BCUT2D eigenvalue weighted by Crippen LogP contribution is 2.29. The van der Waals surface area contributed by atoms with E-state index >= 15 is 0 Å². The van der Waals surface area contributed by atoms with E-state index in [1.165, 1.54) is 6.07 Å². The normalized spacial score (nSPS) is 11.0. The molecule has 2 heterocycles. The predicted molar refractivity (Wildman–Crippen MR) is 89.6 cm³/mol. The van der Waals surface area contributed by atoms with Gasteiger partial charge >= 0.3 is 5.88 Å². The van der Waals surface area contributed by atoms with Gasteiger partial charge in [0.2, 0.25) is 0 Å². The molecule has 4 rings (SSSR count). The molecule has 118 valence electrons. The maximum Gasteiger partial charge on any atom is 0.433 e. The number of hydrogen-bond donors (Lipinski definition) is 0. The number of para-hydroxylation sites is 2. The van der Waals surface area contributed by atoms with Crippen molar-refractivity contribution in [3.05, 3.63) is 82.4 Å². The zero-order valence-corrected chi connectivity index (χ0v) is 12.6. The van der Waals surface area contributed by atoms with Crippen molar-refractivity contribution >= 4 is 16.9 Å². The minimum atomic E-state index is -0.548. The van der Waals surface area contributed by atoms with Crippen molar-refractivity contribution < 1.29 is 9.34 Å². The molecule has 0 amide bonds. The fourth-order valence-corrected chi connectivity index (χ4v) is 2.74. The van der Waals surface area contributed by atoms with E-state index < -0.39 is 4.92 Å². The topological polar surface area (TPSA) is 74.1 Å². The lowest BCUT2D eigenvalue weighted by molar-refractivity contribution is -0.401. The van der Waals surface area contributed by atoms with Crippen molar-refractivity contribution in [2.45, 2.75) is 6.54 Å². The van der Waals surface area contributed by atoms with Gasteiger partial charge < -0.3 is 8.98 Å². The fraction of sp³-hybridized carbons (Fsp3) is 0.0556. The average molecular weight is 319 g/mol. The summed E-state index contributed by atoms with van der Waals surface area (Å²) in [4.78, 5) is 14.9. The van der Waals surface area contributed by atoms with Crippen LogP contribution in [0.25, 0.3) is 22.6 Å². The molecule has 4 aromatic rings. The zero-order chi connectivity index (χ0) is 16.5. The summed E-state index contributed by atoms with van der Waals surface area (Å²) in [6.45, 7) is 0.602. The van der Waals surface area contributed by atoms with Crippen LogP contribution in [-0.4, -0.2) is 14.5 Å². The quantitative estimate of drug-likeness (QED) is 0.416. The van der Waals surface area contributed by atoms with Crippen LogP contribution in [0.5, 0.6) is 0 Å². The first kappa shape index (κ1) is 14.2. The second-order valence-corrected chi connectivity index (χ2v) is 5.39. The summed E-state index contributed by atoms with van der Waals surface area (Å²) in [5, 5.41) is 10.9. The Labute approximate surface area is 137 Å². The molecule has 0 spiro atoms. The van der Waals surface area contributed by atoms with Gasteiger partial charge in [0.1, 0.15) is 4.92 Å². The van der Waals surface area contributed by atoms with Crippen molar-refractivity contribution in [1.82, 2.24) is 9.55 Å². The molecule has 2 aromatic heterocycles. The highest BCUT2D eigenvalue weighted by atomic mass is 16.6. The van der Waals surface area contributed by atoms with Gasteiger partial charge in [-0.1, -0.05) is 42.5 Å². The molecule has 0 unspecified atom stereocenters. The summed E-state index contributed by atoms with van der Waals surface area (Å²) < 4.78 is 7.36. The van der Waals surface area contributed by atoms with E-state index in [-0.39, 0.29) is 5.88 Å². The van der Waals surface area contributed by atoms with Crippen LogP contribution in [0.2, 0.25) is 0 Å². The van der Waals surface area contributed by atoms with E-state index in [1.807, 2.05) is 59.2 Å². The second-order valence-electron chi connectivity index (χ2n) is 5.39. The Morgan fingerprint density at radius 1 is 1.00 bits per heavy atom. The number of rotatable bonds is 4. The number of furan rings is 1. The minimum Gasteiger partial charge on any atom is -0.397 e. The molecule has 24 heavy (non-hydrogen) atoms. The maximum atomic E-state index is 10.9. The molecule has 0 radical (unpaired) electrons. The predicted octanol–water partition coefficient (Wildman–Crippen LogP) is 4.25. The molecule has 2 aromatic carbocycles. The van der Waals surface area contributed by atoms with Crippen molar-refractivity contribution in [2.75, 3.05) is 0 Å². The summed E-state index contributed by atoms with van der Waals surface area (Å²) in [6, 6.07) is 20.7. The van der Waals surface area contributed by atoms with Crippen molar-refractivity contribution in [3.63, 3.8) is 0 Å². The molecule has 0 atom stereocenters. The van der Waals surface area contributed by atoms with E-state index in [0.717, 1.165) is 16.6 Å². The Bertz CT molecular complexity index is 1020. The molecular weight excluding hydrogens is 306 g/mol. The van der Waals surface area contributed by atoms with Gasteiger partial charge in [0.05, 0.1) is 17.1 Å². The standard InChI is InChI=1S/C18H13N3O3/c22-21(23)17-11-10-16(24-17)18-19-14-8-4-5-9-15(14)20(18)12-13-6-2-1-3-7-13/h1-11H,12H2. The molecule has 0 N–H and O–H groups in total. The Morgan fingerprint density at radius 2 is 1.75 bits per heavy atom. The van der Waals surface area contributed by atoms with Gasteiger partial charge in [-0.05, 0) is 23.8 Å². The lowest BCUT2D eigenvalue weighted by Gasteiger charge is -2.07. The van der Waals surface area contributed by atoms with Gasteiger partial charge in [0.25, 0.3) is 0 Å². The van der Waals surface area contributed by atoms with Crippen LogP contribution in [0.4, 0.5) is 5.88 Å². The van der Waals surface area contributed by atoms with Crippen LogP contribution in [0.15, 0.2) is 71.1 Å². The number of nitrogens with zero attached hydrogens (tertiary/aromatic N) is 3. The molecule has 6 heteroatoms. The molecule has 0 saturated carbocycles. The van der Waals surface area contributed by atoms with E-state index in [4.69, 9.17) is 4.42 Å². The summed E-state index contributed by atoms with van der Waals surface area (Å²) in [6.07, 6.45) is 0. The lowest BCUT2D eigenvalue weighted by Crippen LogP contribution is -2.01. The first-order valence-corrected chi connectivity index (χ1v) is 7.46. The van der Waals surface area contributed by atoms with Gasteiger partial charge in [-0.2, -0.15) is 0 Å². The summed E-state index contributed by atoms with van der Waals surface area (Å²) in [5.74, 6) is 0.672. The number of nitro groups is 1. The third-order valence-electron chi connectivity index (χ3n) is 3.83. The Morgan fingerprint density at radius 3 is 2.50 bits per heavy atom. The molecule has 0 fully saturated rings. The third-order valence-corrected chi connectivity index (χ3v) is 3.83. The van der Waals surface area contributed by atoms with Crippen molar-refractivity contribution in [3.8, 4) is 11.6 Å². The largest absolute Gasteiger partial charge is 0.433 e. The van der Waals surface area contributed by atoms with Crippen molar-refractivity contribution in [2.24, 2.45) is 0 Å². The van der Waals surface area contributed by atoms with Crippen LogP contribution in [0.1, 0.15) is 5.56 Å². The van der Waals surface area contributed by atoms with Gasteiger partial charge in [0.15, 0.2) is 11.6 Å². The van der Waals surface area contributed by atoms with Crippen LogP contribution >= 0.6 is 0 Å². The van der Waals surface area contributed by atoms with Gasteiger partial charge in [-0.25, -0.2) is 4.98 Å². The zero-order valence-electron chi connectivity index (χ0n) is 12.6. The number of imidazole rings is 1. The Kier molecular flexibility index (Phi) is 3.35. The number of benzene rings is 2. The van der Waals surface area contributed by atoms with E-state index in [1.54, 1.807) is 6.07 Å². The first-order chi connectivity index (χ1) is 11.7. The van der Waals surface area contributed by atoms with Gasteiger partial charge in [0, 0.05) is 6.54 Å². The monoisotopic (exact) mass is 319 g/mol. The minimum absolute atomic E-state index is 0.289. The summed E-state index contributed by atoms with van der Waals surface area (Å²) >= 11 is 0. The molecule has 0 aliphatic rings. The van der Waals surface area contributed by atoms with E-state index in [2.05, 4.69) is 4.98 Å². The molecule has 0 saturated heterocycles. The molecule has 6 nitrogen and oxygen atoms in total. The smallest absolute Gasteiger partial charge is 0.397 e. The van der Waals surface area contributed by atoms with E-state index in [9.17, 15) is 10.1 Å². The molecule has 0 aliphatic heterocycles. The first-order valence-electron chi connectivity index (χ1n) is 7.46.